The summed E-state index contributed by atoms with van der Waals surface area (Å²) >= 11 is 0. The van der Waals surface area contributed by atoms with Gasteiger partial charge in [0.25, 0.3) is 11.8 Å². The van der Waals surface area contributed by atoms with Gasteiger partial charge in [0.05, 0.1) is 12.7 Å². The smallest absolute Gasteiger partial charge is 0.337 e. The number of anilines is 1. The zero-order chi connectivity index (χ0) is 26.7. The van der Waals surface area contributed by atoms with Crippen LogP contribution in [-0.2, 0) is 4.74 Å². The Hall–Kier alpha value is -4.08. The Morgan fingerprint density at radius 3 is 2.27 bits per heavy atom. The molecule has 10 heteroatoms. The van der Waals surface area contributed by atoms with E-state index in [0.29, 0.717) is 34.6 Å². The number of carbonyl (C=O) groups is 3. The minimum absolute atomic E-state index is 0.0602. The largest absolute Gasteiger partial charge is 0.465 e. The Labute approximate surface area is 213 Å². The maximum Gasteiger partial charge on any atom is 0.337 e. The Bertz CT molecular complexity index is 1310. The number of piperidine rings is 1. The highest BCUT2D eigenvalue weighted by atomic mass is 19.3. The number of halogens is 2. The van der Waals surface area contributed by atoms with Gasteiger partial charge in [-0.25, -0.2) is 9.48 Å². The molecule has 1 saturated heterocycles. The number of alkyl halides is 2. The van der Waals surface area contributed by atoms with Crippen LogP contribution < -0.4 is 5.32 Å². The van der Waals surface area contributed by atoms with Crippen LogP contribution in [0, 0.1) is 13.8 Å². The van der Waals surface area contributed by atoms with Crippen LogP contribution in [0.25, 0.3) is 0 Å². The van der Waals surface area contributed by atoms with Crippen molar-refractivity contribution in [2.45, 2.75) is 39.2 Å². The van der Waals surface area contributed by atoms with Gasteiger partial charge in [0.1, 0.15) is 0 Å². The van der Waals surface area contributed by atoms with Crippen molar-refractivity contribution in [2.24, 2.45) is 0 Å². The molecule has 2 heterocycles. The van der Waals surface area contributed by atoms with Crippen molar-refractivity contribution in [3.8, 4) is 0 Å². The minimum Gasteiger partial charge on any atom is -0.465 e. The lowest BCUT2D eigenvalue weighted by Gasteiger charge is -2.32. The minimum atomic E-state index is -2.81. The number of ether oxygens (including phenoxy) is 1. The van der Waals surface area contributed by atoms with Crippen molar-refractivity contribution in [3.63, 3.8) is 0 Å². The third kappa shape index (κ3) is 5.68. The number of aromatic nitrogens is 2. The third-order valence-corrected chi connectivity index (χ3v) is 6.64. The molecule has 0 bridgehead atoms. The van der Waals surface area contributed by atoms with E-state index in [4.69, 9.17) is 4.74 Å². The Morgan fingerprint density at radius 1 is 1.03 bits per heavy atom. The molecule has 37 heavy (non-hydrogen) atoms. The highest BCUT2D eigenvalue weighted by molar-refractivity contribution is 6.03. The molecule has 0 aliphatic carbocycles. The van der Waals surface area contributed by atoms with E-state index in [9.17, 15) is 23.2 Å². The summed E-state index contributed by atoms with van der Waals surface area (Å²) in [6.45, 7) is 1.67. The average Bonchev–Trinajstić information content (AvgIpc) is 3.30. The van der Waals surface area contributed by atoms with Gasteiger partial charge < -0.3 is 15.0 Å². The Balaban J connectivity index is 1.34. The molecule has 194 valence electrons. The van der Waals surface area contributed by atoms with Gasteiger partial charge in [-0.15, -0.1) is 0 Å². The summed E-state index contributed by atoms with van der Waals surface area (Å²) < 4.78 is 31.1. The number of rotatable bonds is 6. The van der Waals surface area contributed by atoms with Crippen LogP contribution in [0.15, 0.2) is 48.5 Å². The number of carbonyl (C=O) groups excluding carboxylic acids is 3. The molecular formula is C27H28F2N4O4. The summed E-state index contributed by atoms with van der Waals surface area (Å²) in [4.78, 5) is 39.0. The van der Waals surface area contributed by atoms with Crippen LogP contribution in [0.1, 0.15) is 73.3 Å². The second kappa shape index (κ2) is 10.9. The van der Waals surface area contributed by atoms with E-state index in [1.165, 1.54) is 20.1 Å². The van der Waals surface area contributed by atoms with Gasteiger partial charge in [-0.3, -0.25) is 9.59 Å². The third-order valence-electron chi connectivity index (χ3n) is 6.64. The number of aryl methyl sites for hydroxylation is 2. The van der Waals surface area contributed by atoms with Crippen molar-refractivity contribution >= 4 is 23.5 Å². The molecule has 0 atom stereocenters. The van der Waals surface area contributed by atoms with Crippen molar-refractivity contribution < 1.29 is 27.9 Å². The summed E-state index contributed by atoms with van der Waals surface area (Å²) in [5, 5.41) is 6.35. The van der Waals surface area contributed by atoms with E-state index >= 15 is 0 Å². The molecule has 2 amide bonds. The molecule has 1 aliphatic heterocycles. The van der Waals surface area contributed by atoms with Crippen molar-refractivity contribution in [1.82, 2.24) is 14.7 Å². The van der Waals surface area contributed by atoms with Crippen LogP contribution in [-0.4, -0.2) is 52.7 Å². The quantitative estimate of drug-likeness (QED) is 0.474. The maximum absolute atomic E-state index is 13.1. The molecule has 0 radical (unpaired) electrons. The molecule has 0 unspecified atom stereocenters. The molecule has 1 N–H and O–H groups in total. The van der Waals surface area contributed by atoms with E-state index in [1.807, 2.05) is 17.0 Å². The molecule has 1 aliphatic rings. The van der Waals surface area contributed by atoms with E-state index in [0.717, 1.165) is 24.0 Å². The standard InChI is InChI=1S/C27H28F2N4O4/c1-16-14-20(26(36)37-3)6-9-22(16)25(35)32-12-10-19(11-13-32)18-4-7-21(8-5-18)30-24(34)23-15-17(2)33(31-23)27(28)29/h4-9,14-15,19,27H,10-13H2,1-3H3,(H,30,34). The summed E-state index contributed by atoms with van der Waals surface area (Å²) in [6.07, 6.45) is 1.59. The van der Waals surface area contributed by atoms with Crippen LogP contribution in [0.3, 0.4) is 0 Å². The van der Waals surface area contributed by atoms with Crippen LogP contribution in [0.4, 0.5) is 14.5 Å². The molecule has 0 spiro atoms. The fourth-order valence-corrected chi connectivity index (χ4v) is 4.56. The van der Waals surface area contributed by atoms with Crippen molar-refractivity contribution in [3.05, 3.63) is 82.2 Å². The zero-order valence-electron chi connectivity index (χ0n) is 20.8. The number of methoxy groups -OCH3 is 1. The van der Waals surface area contributed by atoms with Gasteiger partial charge in [-0.05, 0) is 80.1 Å². The lowest BCUT2D eigenvalue weighted by molar-refractivity contribution is 0.0539. The molecule has 8 nitrogen and oxygen atoms in total. The summed E-state index contributed by atoms with van der Waals surface area (Å²) in [6, 6.07) is 13.7. The molecule has 0 saturated carbocycles. The van der Waals surface area contributed by atoms with Crippen LogP contribution in [0.5, 0.6) is 0 Å². The molecule has 1 fully saturated rings. The van der Waals surface area contributed by atoms with Crippen molar-refractivity contribution in [2.75, 3.05) is 25.5 Å². The number of esters is 1. The topological polar surface area (TPSA) is 93.5 Å². The zero-order valence-corrected chi connectivity index (χ0v) is 20.8. The van der Waals surface area contributed by atoms with Crippen molar-refractivity contribution in [1.29, 1.82) is 0 Å². The summed E-state index contributed by atoms with van der Waals surface area (Å²) in [5.41, 5.74) is 3.47. The van der Waals surface area contributed by atoms with E-state index in [1.54, 1.807) is 37.3 Å². The molecule has 3 aromatic rings. The van der Waals surface area contributed by atoms with E-state index in [-0.39, 0.29) is 23.2 Å². The molecule has 2 aromatic carbocycles. The van der Waals surface area contributed by atoms with Crippen LogP contribution in [0.2, 0.25) is 0 Å². The maximum atomic E-state index is 13.1. The Morgan fingerprint density at radius 2 is 1.70 bits per heavy atom. The number of hydrogen-bond acceptors (Lipinski definition) is 5. The van der Waals surface area contributed by atoms with Gasteiger partial charge in [0, 0.05) is 30.0 Å². The number of nitrogens with zero attached hydrogens (tertiary/aromatic N) is 3. The molecular weight excluding hydrogens is 482 g/mol. The number of likely N-dealkylation sites (tertiary alicyclic amines) is 1. The first-order valence-electron chi connectivity index (χ1n) is 11.9. The lowest BCUT2D eigenvalue weighted by Crippen LogP contribution is -2.38. The second-order valence-electron chi connectivity index (χ2n) is 9.06. The van der Waals surface area contributed by atoms with Gasteiger partial charge in [-0.1, -0.05) is 12.1 Å². The first-order valence-corrected chi connectivity index (χ1v) is 11.9. The van der Waals surface area contributed by atoms with E-state index in [2.05, 4.69) is 10.4 Å². The van der Waals surface area contributed by atoms with Gasteiger partial charge in [0.15, 0.2) is 5.69 Å². The number of benzene rings is 2. The highest BCUT2D eigenvalue weighted by Gasteiger charge is 2.26. The van der Waals surface area contributed by atoms with Crippen LogP contribution >= 0.6 is 0 Å². The SMILES string of the molecule is COC(=O)c1ccc(C(=O)N2CCC(c3ccc(NC(=O)c4cc(C)n(C(F)F)n4)cc3)CC2)c(C)c1. The fraction of sp³-hybridized carbons (Fsp3) is 0.333. The lowest BCUT2D eigenvalue weighted by atomic mass is 9.89. The van der Waals surface area contributed by atoms with Gasteiger partial charge in [-0.2, -0.15) is 13.9 Å². The number of hydrogen-bond donors (Lipinski definition) is 1. The second-order valence-corrected chi connectivity index (χ2v) is 9.06. The normalized spacial score (nSPS) is 14.1. The predicted octanol–water partition coefficient (Wildman–Crippen LogP) is 4.95. The number of amides is 2. The Kier molecular flexibility index (Phi) is 7.66. The monoisotopic (exact) mass is 510 g/mol. The predicted molar refractivity (Wildman–Crippen MR) is 133 cm³/mol. The first-order chi connectivity index (χ1) is 17.7. The first kappa shape index (κ1) is 26.0. The highest BCUT2D eigenvalue weighted by Crippen LogP contribution is 2.30. The fourth-order valence-electron chi connectivity index (χ4n) is 4.56. The van der Waals surface area contributed by atoms with E-state index < -0.39 is 18.4 Å². The van der Waals surface area contributed by atoms with Gasteiger partial charge in [0.2, 0.25) is 0 Å². The number of nitrogens with one attached hydrogen (secondary N) is 1. The molecule has 1 aromatic heterocycles. The molecule has 4 rings (SSSR count). The summed E-state index contributed by atoms with van der Waals surface area (Å²) in [5.74, 6) is -0.793. The summed E-state index contributed by atoms with van der Waals surface area (Å²) in [7, 11) is 1.32. The average molecular weight is 511 g/mol. The van der Waals surface area contributed by atoms with Gasteiger partial charge >= 0.3 is 12.5 Å².